The van der Waals surface area contributed by atoms with Gasteiger partial charge in [0, 0.05) is 12.6 Å². The predicted octanol–water partition coefficient (Wildman–Crippen LogP) is 12.6. The van der Waals surface area contributed by atoms with Crippen LogP contribution in [0.4, 0.5) is 26.3 Å². The molecule has 16 aliphatic carbocycles. The molecule has 1 heterocycles. The average molecular weight is 876 g/mol. The number of aryl methyl sites for hydroxylation is 1. The number of hydrogen-bond donors (Lipinski definition) is 0. The van der Waals surface area contributed by atoms with Crippen molar-refractivity contribution in [3.05, 3.63) is 69.8 Å². The normalized spacial score (nSPS) is 61.3. The number of halogens is 6. The van der Waals surface area contributed by atoms with E-state index < -0.39 is 29.5 Å². The minimum atomic E-state index is -4.87. The van der Waals surface area contributed by atoms with Crippen molar-refractivity contribution in [2.75, 3.05) is 13.1 Å². The Morgan fingerprint density at radius 1 is 0.484 bits per heavy atom. The molecule has 0 amide bonds. The summed E-state index contributed by atoms with van der Waals surface area (Å²) in [6, 6.07) is 1.16. The minimum Gasteiger partial charge on any atom is -0.296 e. The van der Waals surface area contributed by atoms with Crippen LogP contribution in [0.15, 0.2) is 47.6 Å². The lowest BCUT2D eigenvalue weighted by Gasteiger charge is -2.61. The van der Waals surface area contributed by atoms with Crippen molar-refractivity contribution in [1.29, 1.82) is 0 Å². The molecule has 18 rings (SSSR count). The zero-order chi connectivity index (χ0) is 42.3. The Hall–Kier alpha value is -2.02. The summed E-state index contributed by atoms with van der Waals surface area (Å²) in [6.45, 7) is 5.41. The van der Waals surface area contributed by atoms with Crippen molar-refractivity contribution in [3.63, 3.8) is 0 Å². The van der Waals surface area contributed by atoms with E-state index >= 15 is 13.2 Å². The van der Waals surface area contributed by atoms with Crippen LogP contribution < -0.4 is 0 Å². The van der Waals surface area contributed by atoms with E-state index in [4.69, 9.17) is 0 Å². The molecule has 1 saturated heterocycles. The van der Waals surface area contributed by atoms with E-state index in [9.17, 15) is 13.2 Å². The first-order valence-corrected chi connectivity index (χ1v) is 27.1. The van der Waals surface area contributed by atoms with Crippen LogP contribution in [-0.2, 0) is 12.4 Å². The summed E-state index contributed by atoms with van der Waals surface area (Å²) in [5, 5.41) is 0. The Morgan fingerprint density at radius 2 is 1.02 bits per heavy atom. The number of alkyl halides is 6. The lowest BCUT2D eigenvalue weighted by molar-refractivity contribution is -0.152. The molecular formula is C57H63F6N. The number of unbranched alkanes of at least 4 members (excludes halogenated alkanes) is 3. The molecule has 17 aliphatic rings. The fraction of sp³-hybridized carbons (Fsp3) is 0.789. The standard InChI is InChI=1S/C57H63F6N/c1-3-4-5-6-15-64-18-29-32-27-13-11-25-23-9-7-21-22-8-10-24-26-12-14-28-40-38(26)46-36(24)34(22)44-33(21)35(23)45-37(25)39(27)47-43(32)49(48(40)54-52(46)50(44)51(45)53(47)54)41(28)42(29)55(64)31-19(2)16-20(56(58,59)60)17-30(31)57(61,62)63/h7,9,11,13,16-17,21-29,32-44,46-50,52-55H,3-6,8,10,12,14-15,18H2,1-2H3. The molecule has 0 bridgehead atoms. The second kappa shape index (κ2) is 11.2. The molecule has 1 aromatic carbocycles. The molecule has 1 nitrogen and oxygen atoms in total. The zero-order valence-electron chi connectivity index (χ0n) is 37.1. The van der Waals surface area contributed by atoms with Crippen LogP contribution in [-0.4, -0.2) is 18.0 Å². The Balaban J connectivity index is 0.900. The van der Waals surface area contributed by atoms with Crippen LogP contribution in [0, 0.1) is 184 Å². The highest BCUT2D eigenvalue weighted by Crippen LogP contribution is 2.92. The fourth-order valence-corrected chi connectivity index (χ4v) is 27.1. The van der Waals surface area contributed by atoms with Gasteiger partial charge in [-0.25, -0.2) is 0 Å². The highest BCUT2D eigenvalue weighted by atomic mass is 19.4. The van der Waals surface area contributed by atoms with Crippen molar-refractivity contribution in [2.45, 2.75) is 83.6 Å². The van der Waals surface area contributed by atoms with Gasteiger partial charge in [-0.1, -0.05) is 61.6 Å². The third-order valence-electron chi connectivity index (χ3n) is 26.5. The predicted molar refractivity (Wildman–Crippen MR) is 228 cm³/mol. The summed E-state index contributed by atoms with van der Waals surface area (Å²) in [5.74, 6) is 21.1. The molecule has 12 saturated carbocycles. The maximum Gasteiger partial charge on any atom is 0.416 e. The molecule has 7 heteroatoms. The van der Waals surface area contributed by atoms with Crippen LogP contribution >= 0.6 is 0 Å². The second-order valence-corrected chi connectivity index (χ2v) is 26.6. The Kier molecular flexibility index (Phi) is 6.46. The minimum absolute atomic E-state index is 0.0784. The number of fused-ring (bicyclic) bond motifs is 8. The van der Waals surface area contributed by atoms with Crippen molar-refractivity contribution in [2.24, 2.45) is 178 Å². The molecule has 1 aliphatic heterocycles. The van der Waals surface area contributed by atoms with E-state index in [1.165, 1.54) is 25.7 Å². The Morgan fingerprint density at radius 3 is 1.72 bits per heavy atom. The highest BCUT2D eigenvalue weighted by Gasteiger charge is 2.87. The van der Waals surface area contributed by atoms with E-state index in [1.54, 1.807) is 6.92 Å². The van der Waals surface area contributed by atoms with Gasteiger partial charge in [0.2, 0.25) is 0 Å². The topological polar surface area (TPSA) is 3.24 Å². The van der Waals surface area contributed by atoms with Gasteiger partial charge in [0.05, 0.1) is 11.1 Å². The van der Waals surface area contributed by atoms with Gasteiger partial charge < -0.3 is 0 Å². The maximum atomic E-state index is 15.8. The van der Waals surface area contributed by atoms with Crippen molar-refractivity contribution < 1.29 is 26.3 Å². The smallest absolute Gasteiger partial charge is 0.296 e. The van der Waals surface area contributed by atoms with E-state index in [0.717, 1.165) is 145 Å². The van der Waals surface area contributed by atoms with Crippen LogP contribution in [0.1, 0.15) is 86.6 Å². The van der Waals surface area contributed by atoms with Gasteiger partial charge in [-0.2, -0.15) is 26.3 Å². The Labute approximate surface area is 374 Å². The molecule has 0 aromatic heterocycles. The molecule has 0 radical (unpaired) electrons. The summed E-state index contributed by atoms with van der Waals surface area (Å²) < 4.78 is 91.0. The van der Waals surface area contributed by atoms with Crippen LogP contribution in [0.25, 0.3) is 0 Å². The van der Waals surface area contributed by atoms with Crippen molar-refractivity contribution in [1.82, 2.24) is 4.90 Å². The molecule has 338 valence electrons. The van der Waals surface area contributed by atoms with Crippen molar-refractivity contribution >= 4 is 0 Å². The Bertz CT molecular complexity index is 2440. The van der Waals surface area contributed by atoms with Gasteiger partial charge in [-0.3, -0.25) is 4.90 Å². The molecule has 0 spiro atoms. The van der Waals surface area contributed by atoms with Gasteiger partial charge in [0.15, 0.2) is 0 Å². The number of likely N-dealkylation sites (tertiary alicyclic amines) is 1. The number of allylic oxidation sites excluding steroid dienone is 6. The molecule has 31 unspecified atom stereocenters. The first-order valence-electron chi connectivity index (χ1n) is 27.1. The molecule has 13 fully saturated rings. The second-order valence-electron chi connectivity index (χ2n) is 26.6. The van der Waals surface area contributed by atoms with Gasteiger partial charge in [0.1, 0.15) is 0 Å². The van der Waals surface area contributed by atoms with Gasteiger partial charge in [-0.15, -0.1) is 0 Å². The number of benzene rings is 1. The quantitative estimate of drug-likeness (QED) is 0.156. The summed E-state index contributed by atoms with van der Waals surface area (Å²) in [7, 11) is 0. The monoisotopic (exact) mass is 875 g/mol. The third kappa shape index (κ3) is 3.62. The first kappa shape index (κ1) is 36.9. The van der Waals surface area contributed by atoms with Gasteiger partial charge >= 0.3 is 12.4 Å². The van der Waals surface area contributed by atoms with Crippen LogP contribution in [0.3, 0.4) is 0 Å². The molecule has 1 aromatic rings. The highest BCUT2D eigenvalue weighted by molar-refractivity contribution is 5.53. The first-order chi connectivity index (χ1) is 31.0. The maximum absolute atomic E-state index is 15.8. The van der Waals surface area contributed by atoms with Crippen LogP contribution in [0.5, 0.6) is 0 Å². The summed E-state index contributed by atoms with van der Waals surface area (Å²) in [5.41, 5.74) is 2.50. The molecule has 64 heavy (non-hydrogen) atoms. The summed E-state index contributed by atoms with van der Waals surface area (Å²) in [6.07, 6.45) is 11.2. The number of rotatable bonds is 6. The fourth-order valence-electron chi connectivity index (χ4n) is 27.1. The third-order valence-corrected chi connectivity index (χ3v) is 26.5. The number of nitrogens with zero attached hydrogens (tertiary/aromatic N) is 1. The largest absolute Gasteiger partial charge is 0.416 e. The lowest BCUT2D eigenvalue weighted by atomic mass is 9.42. The van der Waals surface area contributed by atoms with E-state index in [-0.39, 0.29) is 17.0 Å². The number of hydrogen-bond acceptors (Lipinski definition) is 1. The SMILES string of the molecule is CCCCCCN1CC2C3C4C=CC5C6C=CC7C8CCC9C%10CCC%11C%12C%10C%10C9C8C8C9C%13=C(C6C78)C5C4C4C%13C(C9%10)C%12C(C%11C2C1c1c(C)cc(C(F)(F)F)cc1C(F)(F)F)C34. The summed E-state index contributed by atoms with van der Waals surface area (Å²) >= 11 is 0. The van der Waals surface area contributed by atoms with Gasteiger partial charge in [0.25, 0.3) is 0 Å². The average Bonchev–Trinajstić information content (AvgIpc) is 4.12. The van der Waals surface area contributed by atoms with E-state index in [0.29, 0.717) is 77.1 Å². The van der Waals surface area contributed by atoms with E-state index in [2.05, 4.69) is 47.3 Å². The zero-order valence-corrected chi connectivity index (χ0v) is 37.1. The van der Waals surface area contributed by atoms with Gasteiger partial charge in [-0.05, 0) is 246 Å². The molecule has 31 atom stereocenters. The lowest BCUT2D eigenvalue weighted by Crippen LogP contribution is -2.59. The van der Waals surface area contributed by atoms with Crippen LogP contribution in [0.2, 0.25) is 0 Å². The summed E-state index contributed by atoms with van der Waals surface area (Å²) in [4.78, 5) is 2.51. The molecule has 0 N–H and O–H groups in total. The van der Waals surface area contributed by atoms with Crippen molar-refractivity contribution in [3.8, 4) is 0 Å². The molecular weight excluding hydrogens is 813 g/mol. The van der Waals surface area contributed by atoms with E-state index in [1.807, 2.05) is 0 Å².